The first-order chi connectivity index (χ1) is 16.2. The molecule has 2 fully saturated rings. The van der Waals surface area contributed by atoms with Crippen molar-refractivity contribution in [3.8, 4) is 5.75 Å². The Balaban J connectivity index is 1.60. The molecule has 1 N–H and O–H groups in total. The van der Waals surface area contributed by atoms with E-state index in [4.69, 9.17) is 9.47 Å². The summed E-state index contributed by atoms with van der Waals surface area (Å²) in [5.41, 5.74) is 0.226. The number of anilines is 1. The number of carbonyl (C=O) groups is 1. The number of hydrogen-bond donors (Lipinski definition) is 1. The molecule has 2 aliphatic rings. The van der Waals surface area contributed by atoms with Crippen LogP contribution in [0.4, 0.5) is 5.69 Å². The molecule has 2 saturated heterocycles. The molecule has 13 heteroatoms. The lowest BCUT2D eigenvalue weighted by atomic mass is 10.2. The van der Waals surface area contributed by atoms with Gasteiger partial charge in [-0.2, -0.15) is 8.61 Å². The van der Waals surface area contributed by atoms with Gasteiger partial charge in [0.2, 0.25) is 20.0 Å². The summed E-state index contributed by atoms with van der Waals surface area (Å²) in [6.07, 6.45) is 2.56. The summed E-state index contributed by atoms with van der Waals surface area (Å²) in [7, 11) is -6.29. The molecule has 10 nitrogen and oxygen atoms in total. The lowest BCUT2D eigenvalue weighted by Crippen LogP contribution is -2.41. The largest absolute Gasteiger partial charge is 0.495 e. The number of ether oxygens (including phenoxy) is 2. The van der Waals surface area contributed by atoms with Gasteiger partial charge < -0.3 is 14.8 Å². The van der Waals surface area contributed by atoms with E-state index in [-0.39, 0.29) is 39.2 Å². The molecule has 1 amide bonds. The molecule has 2 aromatic rings. The zero-order chi connectivity index (χ0) is 24.3. The summed E-state index contributed by atoms with van der Waals surface area (Å²) in [5, 5.41) is 4.20. The third-order valence-electron chi connectivity index (χ3n) is 5.78. The maximum Gasteiger partial charge on any atom is 0.267 e. The lowest BCUT2D eigenvalue weighted by Gasteiger charge is -2.26. The van der Waals surface area contributed by atoms with E-state index < -0.39 is 26.0 Å². The summed E-state index contributed by atoms with van der Waals surface area (Å²) in [5.74, 6) is -0.455. The third-order valence-corrected chi connectivity index (χ3v) is 10.7. The molecule has 4 rings (SSSR count). The molecule has 1 aromatic carbocycles. The molecule has 0 bridgehead atoms. The van der Waals surface area contributed by atoms with Gasteiger partial charge in [-0.05, 0) is 42.5 Å². The third kappa shape index (κ3) is 4.99. The van der Waals surface area contributed by atoms with E-state index in [0.29, 0.717) is 26.3 Å². The van der Waals surface area contributed by atoms with Crippen molar-refractivity contribution in [2.45, 2.75) is 29.1 Å². The average molecular weight is 530 g/mol. The van der Waals surface area contributed by atoms with E-state index in [9.17, 15) is 21.6 Å². The van der Waals surface area contributed by atoms with Crippen molar-refractivity contribution < 1.29 is 31.1 Å². The summed E-state index contributed by atoms with van der Waals surface area (Å²) in [4.78, 5) is 13.0. The first kappa shape index (κ1) is 25.1. The van der Waals surface area contributed by atoms with Crippen molar-refractivity contribution in [2.24, 2.45) is 0 Å². The van der Waals surface area contributed by atoms with Gasteiger partial charge >= 0.3 is 0 Å². The molecule has 0 saturated carbocycles. The van der Waals surface area contributed by atoms with Crippen molar-refractivity contribution in [1.29, 1.82) is 0 Å². The van der Waals surface area contributed by atoms with Gasteiger partial charge in [0, 0.05) is 31.9 Å². The predicted octanol–water partition coefficient (Wildman–Crippen LogP) is 2.20. The smallest absolute Gasteiger partial charge is 0.267 e. The molecule has 186 valence electrons. The number of benzene rings is 1. The van der Waals surface area contributed by atoms with Crippen LogP contribution in [0.3, 0.4) is 0 Å². The van der Waals surface area contributed by atoms with Gasteiger partial charge in [0.15, 0.2) is 0 Å². The van der Waals surface area contributed by atoms with Gasteiger partial charge in [-0.1, -0.05) is 6.42 Å². The number of morpholine rings is 1. The molecule has 0 aliphatic carbocycles. The Bertz CT molecular complexity index is 1250. The number of rotatable bonds is 7. The second kappa shape index (κ2) is 10.3. The van der Waals surface area contributed by atoms with Crippen molar-refractivity contribution >= 4 is 43.0 Å². The highest BCUT2D eigenvalue weighted by Crippen LogP contribution is 2.32. The Kier molecular flexibility index (Phi) is 7.60. The van der Waals surface area contributed by atoms with Crippen LogP contribution in [0, 0.1) is 0 Å². The monoisotopic (exact) mass is 529 g/mol. The van der Waals surface area contributed by atoms with Crippen LogP contribution in [0.25, 0.3) is 0 Å². The van der Waals surface area contributed by atoms with E-state index in [1.165, 1.54) is 40.0 Å². The maximum atomic E-state index is 13.2. The van der Waals surface area contributed by atoms with Crippen LogP contribution in [0.2, 0.25) is 0 Å². The Morgan fingerprint density at radius 1 is 0.941 bits per heavy atom. The molecule has 0 radical (unpaired) electrons. The number of piperidine rings is 1. The zero-order valence-corrected chi connectivity index (χ0v) is 21.2. The van der Waals surface area contributed by atoms with Gasteiger partial charge in [0.25, 0.3) is 5.91 Å². The van der Waals surface area contributed by atoms with Crippen LogP contribution < -0.4 is 10.1 Å². The number of thiophene rings is 1. The first-order valence-corrected chi connectivity index (χ1v) is 14.7. The number of carbonyl (C=O) groups excluding carboxylic acids is 1. The van der Waals surface area contributed by atoms with Gasteiger partial charge in [0.1, 0.15) is 20.4 Å². The van der Waals surface area contributed by atoms with Crippen LogP contribution >= 0.6 is 11.3 Å². The number of methoxy groups -OCH3 is 1. The number of hydrogen-bond acceptors (Lipinski definition) is 8. The zero-order valence-electron chi connectivity index (χ0n) is 18.7. The van der Waals surface area contributed by atoms with Gasteiger partial charge in [-0.25, -0.2) is 16.8 Å². The van der Waals surface area contributed by atoms with E-state index >= 15 is 0 Å². The summed E-state index contributed by atoms with van der Waals surface area (Å²) < 4.78 is 65.8. The lowest BCUT2D eigenvalue weighted by molar-refractivity contribution is 0.0730. The van der Waals surface area contributed by atoms with Crippen LogP contribution in [0.1, 0.15) is 28.9 Å². The molecule has 2 aliphatic heterocycles. The van der Waals surface area contributed by atoms with Crippen molar-refractivity contribution in [3.63, 3.8) is 0 Å². The normalized spacial score (nSPS) is 18.5. The quantitative estimate of drug-likeness (QED) is 0.583. The fraction of sp³-hybridized carbons (Fsp3) is 0.476. The molecule has 34 heavy (non-hydrogen) atoms. The Hall–Kier alpha value is -2.03. The number of sulfonamides is 2. The second-order valence-electron chi connectivity index (χ2n) is 7.91. The maximum absolute atomic E-state index is 13.2. The molecule has 0 spiro atoms. The number of nitrogens with one attached hydrogen (secondary N) is 1. The number of nitrogens with zero attached hydrogens (tertiary/aromatic N) is 2. The Labute approximate surface area is 203 Å². The van der Waals surface area contributed by atoms with Crippen LogP contribution in [-0.4, -0.2) is 77.9 Å². The summed E-state index contributed by atoms with van der Waals surface area (Å²) >= 11 is 1.01. The van der Waals surface area contributed by atoms with Gasteiger partial charge in [0.05, 0.1) is 20.3 Å². The minimum Gasteiger partial charge on any atom is -0.495 e. The van der Waals surface area contributed by atoms with Crippen LogP contribution in [0.5, 0.6) is 5.75 Å². The predicted molar refractivity (Wildman–Crippen MR) is 127 cm³/mol. The summed E-state index contributed by atoms with van der Waals surface area (Å²) in [6.45, 7) is 1.89. The second-order valence-corrected chi connectivity index (χ2v) is 12.6. The van der Waals surface area contributed by atoms with Crippen LogP contribution in [0.15, 0.2) is 39.4 Å². The Morgan fingerprint density at radius 3 is 2.26 bits per heavy atom. The van der Waals surface area contributed by atoms with E-state index in [1.807, 2.05) is 0 Å². The highest BCUT2D eigenvalue weighted by molar-refractivity contribution is 7.89. The molecular weight excluding hydrogens is 502 g/mol. The molecule has 1 aromatic heterocycles. The fourth-order valence-electron chi connectivity index (χ4n) is 3.98. The van der Waals surface area contributed by atoms with E-state index in [0.717, 1.165) is 30.6 Å². The molecular formula is C21H27N3O7S3. The van der Waals surface area contributed by atoms with Crippen molar-refractivity contribution in [2.75, 3.05) is 51.8 Å². The van der Waals surface area contributed by atoms with Crippen LogP contribution in [-0.2, 0) is 24.8 Å². The highest BCUT2D eigenvalue weighted by atomic mass is 32.2. The van der Waals surface area contributed by atoms with Crippen molar-refractivity contribution in [1.82, 2.24) is 8.61 Å². The first-order valence-electron chi connectivity index (χ1n) is 10.9. The SMILES string of the molecule is COc1ccc(NC(=O)c2sccc2S(=O)(=O)N2CCOCC2)cc1S(=O)(=O)N1CCCCC1. The average Bonchev–Trinajstić information content (AvgIpc) is 3.36. The topological polar surface area (TPSA) is 122 Å². The molecule has 0 atom stereocenters. The van der Waals surface area contributed by atoms with Gasteiger partial charge in [-0.3, -0.25) is 4.79 Å². The minimum absolute atomic E-state index is 0.0303. The number of amides is 1. The molecule has 3 heterocycles. The fourth-order valence-corrected chi connectivity index (χ4v) is 8.38. The van der Waals surface area contributed by atoms with E-state index in [2.05, 4.69) is 5.32 Å². The molecule has 0 unspecified atom stereocenters. The van der Waals surface area contributed by atoms with Gasteiger partial charge in [-0.15, -0.1) is 11.3 Å². The standard InChI is InChI=1S/C21H27N3O7S3/c1-30-17-6-5-16(15-19(17)34(28,29)23-8-3-2-4-9-23)22-21(25)20-18(7-14-32-20)33(26,27)24-10-12-31-13-11-24/h5-7,14-15H,2-4,8-13H2,1H3,(H,22,25). The highest BCUT2D eigenvalue weighted by Gasteiger charge is 2.32. The summed E-state index contributed by atoms with van der Waals surface area (Å²) in [6, 6.07) is 5.76. The Morgan fingerprint density at radius 2 is 1.59 bits per heavy atom. The minimum atomic E-state index is -3.86. The van der Waals surface area contributed by atoms with E-state index in [1.54, 1.807) is 5.38 Å². The van der Waals surface area contributed by atoms with Crippen molar-refractivity contribution in [3.05, 3.63) is 34.5 Å².